The van der Waals surface area contributed by atoms with Crippen molar-refractivity contribution in [3.63, 3.8) is 0 Å². The zero-order valence-corrected chi connectivity index (χ0v) is 14.2. The molecule has 7 heteroatoms. The van der Waals surface area contributed by atoms with Crippen molar-refractivity contribution in [2.24, 2.45) is 5.73 Å². The highest BCUT2D eigenvalue weighted by molar-refractivity contribution is 7.91. The van der Waals surface area contributed by atoms with Crippen molar-refractivity contribution in [3.05, 3.63) is 0 Å². The average Bonchev–Trinajstić information content (AvgIpc) is 2.41. The van der Waals surface area contributed by atoms with Crippen LogP contribution in [0.1, 0.15) is 26.7 Å². The molecule has 5 nitrogen and oxygen atoms in total. The average molecular weight is 322 g/mol. The second-order valence-electron chi connectivity index (χ2n) is 5.29. The van der Waals surface area contributed by atoms with Crippen molar-refractivity contribution >= 4 is 27.0 Å². The van der Waals surface area contributed by atoms with Crippen LogP contribution >= 0.6 is 12.2 Å². The van der Waals surface area contributed by atoms with E-state index in [9.17, 15) is 8.42 Å². The van der Waals surface area contributed by atoms with Gasteiger partial charge in [-0.15, -0.1) is 0 Å². The van der Waals surface area contributed by atoms with E-state index >= 15 is 0 Å². The molecule has 1 atom stereocenters. The van der Waals surface area contributed by atoms with Gasteiger partial charge in [0.25, 0.3) is 0 Å². The quantitative estimate of drug-likeness (QED) is 0.657. The number of nitrogens with zero attached hydrogens (tertiary/aromatic N) is 2. The van der Waals surface area contributed by atoms with Crippen molar-refractivity contribution in [2.45, 2.75) is 32.7 Å². The molecule has 1 saturated heterocycles. The van der Waals surface area contributed by atoms with Crippen LogP contribution in [-0.4, -0.2) is 73.5 Å². The highest BCUT2D eigenvalue weighted by Gasteiger charge is 2.24. The molecule has 0 bridgehead atoms. The predicted octanol–water partition coefficient (Wildman–Crippen LogP) is 0.494. The number of sulfone groups is 1. The van der Waals surface area contributed by atoms with Gasteiger partial charge in [0, 0.05) is 31.9 Å². The molecule has 2 N–H and O–H groups in total. The summed E-state index contributed by atoms with van der Waals surface area (Å²) in [6.45, 7) is 8.50. The standard InChI is InChI=1S/C13H27N3O2S2/c1-3-12(13(14)19)16-9-7-15(8-10-16)6-5-11-20(17,18)4-2/h12H,3-11H2,1-2H3,(H2,14,19). The van der Waals surface area contributed by atoms with E-state index in [1.165, 1.54) is 0 Å². The van der Waals surface area contributed by atoms with E-state index in [0.717, 1.165) is 45.6 Å². The minimum Gasteiger partial charge on any atom is -0.392 e. The SMILES string of the molecule is CCC(C(N)=S)N1CCN(CCCS(=O)(=O)CC)CC1. The molecule has 1 fully saturated rings. The van der Waals surface area contributed by atoms with Crippen molar-refractivity contribution in [1.82, 2.24) is 9.80 Å². The topological polar surface area (TPSA) is 66.6 Å². The lowest BCUT2D eigenvalue weighted by molar-refractivity contribution is 0.117. The molecule has 1 unspecified atom stereocenters. The molecule has 0 saturated carbocycles. The molecule has 1 aliphatic rings. The lowest BCUT2D eigenvalue weighted by atomic mass is 10.1. The maximum absolute atomic E-state index is 11.4. The van der Waals surface area contributed by atoms with Gasteiger partial charge in [0.1, 0.15) is 9.84 Å². The first-order valence-electron chi connectivity index (χ1n) is 7.35. The Morgan fingerprint density at radius 2 is 1.85 bits per heavy atom. The van der Waals surface area contributed by atoms with Gasteiger partial charge in [0.05, 0.1) is 16.8 Å². The minimum atomic E-state index is -2.83. The van der Waals surface area contributed by atoms with Gasteiger partial charge in [-0.3, -0.25) is 4.90 Å². The van der Waals surface area contributed by atoms with Crippen molar-refractivity contribution < 1.29 is 8.42 Å². The first-order chi connectivity index (χ1) is 9.39. The summed E-state index contributed by atoms with van der Waals surface area (Å²) in [6.07, 6.45) is 1.67. The molecule has 20 heavy (non-hydrogen) atoms. The second kappa shape index (κ2) is 8.26. The minimum absolute atomic E-state index is 0.201. The van der Waals surface area contributed by atoms with E-state index in [-0.39, 0.29) is 11.8 Å². The van der Waals surface area contributed by atoms with Gasteiger partial charge in [-0.05, 0) is 19.4 Å². The zero-order chi connectivity index (χ0) is 15.2. The zero-order valence-electron chi connectivity index (χ0n) is 12.5. The van der Waals surface area contributed by atoms with Crippen LogP contribution in [0.3, 0.4) is 0 Å². The third kappa shape index (κ3) is 5.63. The largest absolute Gasteiger partial charge is 0.392 e. The summed E-state index contributed by atoms with van der Waals surface area (Å²) >= 11 is 5.11. The van der Waals surface area contributed by atoms with Crippen LogP contribution in [0.5, 0.6) is 0 Å². The Morgan fingerprint density at radius 1 is 1.25 bits per heavy atom. The van der Waals surface area contributed by atoms with Gasteiger partial charge < -0.3 is 10.6 Å². The fourth-order valence-corrected chi connectivity index (χ4v) is 3.76. The summed E-state index contributed by atoms with van der Waals surface area (Å²) in [5, 5.41) is 0. The molecule has 1 rings (SSSR count). The number of piperazine rings is 1. The van der Waals surface area contributed by atoms with Crippen molar-refractivity contribution in [1.29, 1.82) is 0 Å². The van der Waals surface area contributed by atoms with Gasteiger partial charge >= 0.3 is 0 Å². The van der Waals surface area contributed by atoms with Crippen LogP contribution < -0.4 is 5.73 Å². The monoisotopic (exact) mass is 321 g/mol. The smallest absolute Gasteiger partial charge is 0.150 e. The third-order valence-electron chi connectivity index (χ3n) is 3.93. The molecule has 0 radical (unpaired) electrons. The fourth-order valence-electron chi connectivity index (χ4n) is 2.59. The summed E-state index contributed by atoms with van der Waals surface area (Å²) in [6, 6.07) is 0.201. The van der Waals surface area contributed by atoms with Crippen LogP contribution in [0, 0.1) is 0 Å². The molecule has 1 heterocycles. The van der Waals surface area contributed by atoms with E-state index in [1.807, 2.05) is 0 Å². The van der Waals surface area contributed by atoms with Gasteiger partial charge in [0.15, 0.2) is 0 Å². The second-order valence-corrected chi connectivity index (χ2v) is 8.24. The normalized spacial score (nSPS) is 19.9. The summed E-state index contributed by atoms with van der Waals surface area (Å²) in [5.41, 5.74) is 5.77. The van der Waals surface area contributed by atoms with Gasteiger partial charge in [-0.25, -0.2) is 8.42 Å². The number of hydrogen-bond acceptors (Lipinski definition) is 5. The van der Waals surface area contributed by atoms with E-state index in [2.05, 4.69) is 16.7 Å². The number of hydrogen-bond donors (Lipinski definition) is 1. The third-order valence-corrected chi connectivity index (χ3v) is 5.99. The summed E-state index contributed by atoms with van der Waals surface area (Å²) in [4.78, 5) is 5.24. The maximum Gasteiger partial charge on any atom is 0.150 e. The molecule has 118 valence electrons. The molecular formula is C13H27N3O2S2. The van der Waals surface area contributed by atoms with Gasteiger partial charge in [-0.2, -0.15) is 0 Å². The van der Waals surface area contributed by atoms with Crippen LogP contribution in [-0.2, 0) is 9.84 Å². The summed E-state index contributed by atoms with van der Waals surface area (Å²) in [5.74, 6) is 0.543. The van der Waals surface area contributed by atoms with E-state index < -0.39 is 9.84 Å². The van der Waals surface area contributed by atoms with Gasteiger partial charge in [0.2, 0.25) is 0 Å². The van der Waals surface area contributed by atoms with Crippen LogP contribution in [0.4, 0.5) is 0 Å². The fraction of sp³-hybridized carbons (Fsp3) is 0.923. The molecule has 0 amide bonds. The van der Waals surface area contributed by atoms with Crippen molar-refractivity contribution in [3.8, 4) is 0 Å². The lowest BCUT2D eigenvalue weighted by Gasteiger charge is -2.38. The molecule has 1 aliphatic heterocycles. The Morgan fingerprint density at radius 3 is 2.30 bits per heavy atom. The molecule has 0 spiro atoms. The summed E-state index contributed by atoms with van der Waals surface area (Å²) in [7, 11) is -2.83. The molecule has 0 aliphatic carbocycles. The molecular weight excluding hydrogens is 294 g/mol. The van der Waals surface area contributed by atoms with Crippen LogP contribution in [0.2, 0.25) is 0 Å². The van der Waals surface area contributed by atoms with Gasteiger partial charge in [-0.1, -0.05) is 26.1 Å². The van der Waals surface area contributed by atoms with E-state index in [1.54, 1.807) is 6.92 Å². The number of thiocarbonyl (C=S) groups is 1. The Labute approximate surface area is 128 Å². The van der Waals surface area contributed by atoms with E-state index in [0.29, 0.717) is 10.7 Å². The maximum atomic E-state index is 11.4. The van der Waals surface area contributed by atoms with Crippen LogP contribution in [0.25, 0.3) is 0 Å². The molecule has 0 aromatic carbocycles. The lowest BCUT2D eigenvalue weighted by Crippen LogP contribution is -2.53. The van der Waals surface area contributed by atoms with E-state index in [4.69, 9.17) is 18.0 Å². The Bertz CT molecular complexity index is 404. The highest BCUT2D eigenvalue weighted by Crippen LogP contribution is 2.10. The van der Waals surface area contributed by atoms with Crippen LogP contribution in [0.15, 0.2) is 0 Å². The summed E-state index contributed by atoms with van der Waals surface area (Å²) < 4.78 is 22.9. The first-order valence-corrected chi connectivity index (χ1v) is 9.58. The Kier molecular flexibility index (Phi) is 7.36. The first kappa shape index (κ1) is 17.8. The Hall–Kier alpha value is -0.240. The predicted molar refractivity (Wildman–Crippen MR) is 87.8 cm³/mol. The molecule has 0 aromatic rings. The number of nitrogens with two attached hydrogens (primary N) is 1. The Balaban J connectivity index is 2.30. The number of rotatable bonds is 8. The highest BCUT2D eigenvalue weighted by atomic mass is 32.2. The van der Waals surface area contributed by atoms with Crippen molar-refractivity contribution in [2.75, 3.05) is 44.2 Å². The molecule has 0 aromatic heterocycles.